The average molecular weight is 292 g/mol. The molecule has 96 valence electrons. The minimum absolute atomic E-state index is 0.614. The van der Waals surface area contributed by atoms with Crippen molar-refractivity contribution in [1.82, 2.24) is 9.97 Å². The number of nitrogen functional groups attached to an aromatic ring is 1. The fraction of sp³-hybridized carbons (Fsp3) is 0.0769. The summed E-state index contributed by atoms with van der Waals surface area (Å²) in [4.78, 5) is 8.59. The van der Waals surface area contributed by atoms with Crippen molar-refractivity contribution < 1.29 is 4.42 Å². The Morgan fingerprint density at radius 1 is 1.26 bits per heavy atom. The number of nitrogens with two attached hydrogens (primary N) is 1. The van der Waals surface area contributed by atoms with E-state index in [2.05, 4.69) is 9.97 Å². The first-order valence-corrected chi connectivity index (χ1v) is 6.96. The molecule has 3 aromatic rings. The fourth-order valence-electron chi connectivity index (χ4n) is 1.63. The number of hydrogen-bond donors (Lipinski definition) is 1. The zero-order valence-corrected chi connectivity index (χ0v) is 11.4. The lowest BCUT2D eigenvalue weighted by Gasteiger charge is -1.97. The third-order valence-electron chi connectivity index (χ3n) is 2.50. The topological polar surface area (TPSA) is 64.9 Å². The minimum Gasteiger partial charge on any atom is -0.440 e. The normalized spacial score (nSPS) is 11.0. The van der Waals surface area contributed by atoms with E-state index in [9.17, 15) is 0 Å². The molecule has 3 rings (SSSR count). The van der Waals surface area contributed by atoms with Gasteiger partial charge in [0.1, 0.15) is 5.52 Å². The fourth-order valence-corrected chi connectivity index (χ4v) is 2.43. The first-order valence-electron chi connectivity index (χ1n) is 5.60. The van der Waals surface area contributed by atoms with E-state index in [1.54, 1.807) is 24.0 Å². The van der Waals surface area contributed by atoms with Crippen LogP contribution in [0.1, 0.15) is 5.89 Å². The Balaban J connectivity index is 1.76. The molecular formula is C13H10ClN3OS. The van der Waals surface area contributed by atoms with Crippen LogP contribution in [0.2, 0.25) is 5.02 Å². The average Bonchev–Trinajstić information content (AvgIpc) is 2.80. The summed E-state index contributed by atoms with van der Waals surface area (Å²) in [5.74, 6) is 1.27. The molecule has 2 aromatic heterocycles. The minimum atomic E-state index is 0.614. The summed E-state index contributed by atoms with van der Waals surface area (Å²) in [5, 5.41) is 1.51. The molecule has 0 fully saturated rings. The maximum atomic E-state index is 5.78. The number of fused-ring (bicyclic) bond motifs is 1. The third kappa shape index (κ3) is 2.83. The monoisotopic (exact) mass is 291 g/mol. The highest BCUT2D eigenvalue weighted by molar-refractivity contribution is 7.98. The highest BCUT2D eigenvalue weighted by atomic mass is 35.5. The maximum absolute atomic E-state index is 5.78. The quantitative estimate of drug-likeness (QED) is 0.588. The summed E-state index contributed by atoms with van der Waals surface area (Å²) < 4.78 is 5.63. The van der Waals surface area contributed by atoms with Crippen molar-refractivity contribution in [1.29, 1.82) is 0 Å². The number of hydrogen-bond acceptors (Lipinski definition) is 5. The van der Waals surface area contributed by atoms with Crippen molar-refractivity contribution in [3.8, 4) is 0 Å². The maximum Gasteiger partial charge on any atom is 0.205 e. The van der Waals surface area contributed by atoms with Crippen LogP contribution in [-0.2, 0) is 5.75 Å². The molecule has 0 amide bonds. The van der Waals surface area contributed by atoms with Gasteiger partial charge in [-0.3, -0.25) is 0 Å². The predicted molar refractivity (Wildman–Crippen MR) is 77.2 cm³/mol. The Kier molecular flexibility index (Phi) is 3.31. The molecule has 1 aromatic carbocycles. The van der Waals surface area contributed by atoms with Gasteiger partial charge < -0.3 is 10.2 Å². The van der Waals surface area contributed by atoms with Crippen molar-refractivity contribution in [3.05, 3.63) is 47.4 Å². The standard InChI is InChI=1S/C13H10ClN3OS/c14-8-1-4-13(16-6-8)19-7-12-17-10-3-2-9(15)5-11(10)18-12/h1-6H,7,15H2. The molecule has 0 spiro atoms. The van der Waals surface area contributed by atoms with Crippen molar-refractivity contribution in [3.63, 3.8) is 0 Å². The van der Waals surface area contributed by atoms with E-state index < -0.39 is 0 Å². The van der Waals surface area contributed by atoms with E-state index >= 15 is 0 Å². The zero-order valence-electron chi connectivity index (χ0n) is 9.84. The molecule has 0 aliphatic heterocycles. The highest BCUT2D eigenvalue weighted by Crippen LogP contribution is 2.24. The zero-order chi connectivity index (χ0) is 13.2. The Bertz CT molecular complexity index is 711. The van der Waals surface area contributed by atoms with Crippen LogP contribution >= 0.6 is 23.4 Å². The summed E-state index contributed by atoms with van der Waals surface area (Å²) >= 11 is 7.33. The van der Waals surface area contributed by atoms with E-state index in [0.717, 1.165) is 10.5 Å². The van der Waals surface area contributed by atoms with Crippen LogP contribution in [0.25, 0.3) is 11.1 Å². The molecule has 6 heteroatoms. The van der Waals surface area contributed by atoms with Gasteiger partial charge in [-0.2, -0.15) is 0 Å². The Morgan fingerprint density at radius 2 is 2.16 bits per heavy atom. The van der Waals surface area contributed by atoms with Crippen molar-refractivity contribution in [2.75, 3.05) is 5.73 Å². The van der Waals surface area contributed by atoms with Gasteiger partial charge in [0, 0.05) is 18.0 Å². The van der Waals surface area contributed by atoms with E-state index in [1.165, 1.54) is 0 Å². The molecule has 0 atom stereocenters. The molecular weight excluding hydrogens is 282 g/mol. The molecule has 0 saturated carbocycles. The van der Waals surface area contributed by atoms with Crippen molar-refractivity contribution in [2.24, 2.45) is 0 Å². The Hall–Kier alpha value is -1.72. The molecule has 0 radical (unpaired) electrons. The van der Waals surface area contributed by atoms with Crippen molar-refractivity contribution >= 4 is 40.1 Å². The van der Waals surface area contributed by atoms with Gasteiger partial charge in [-0.15, -0.1) is 0 Å². The number of halogens is 1. The van der Waals surface area contributed by atoms with Crippen molar-refractivity contribution in [2.45, 2.75) is 10.8 Å². The number of thioether (sulfide) groups is 1. The van der Waals surface area contributed by atoms with Crippen LogP contribution in [0.15, 0.2) is 46.0 Å². The molecule has 2 heterocycles. The number of benzene rings is 1. The molecule has 0 saturated heterocycles. The number of pyridine rings is 1. The first kappa shape index (κ1) is 12.3. The van der Waals surface area contributed by atoms with Crippen LogP contribution in [0, 0.1) is 0 Å². The molecule has 0 unspecified atom stereocenters. The van der Waals surface area contributed by atoms with Crippen LogP contribution in [0.3, 0.4) is 0 Å². The molecule has 19 heavy (non-hydrogen) atoms. The summed E-state index contributed by atoms with van der Waals surface area (Å²) in [6.45, 7) is 0. The van der Waals surface area contributed by atoms with E-state index in [0.29, 0.717) is 27.9 Å². The summed E-state index contributed by atoms with van der Waals surface area (Å²) in [7, 11) is 0. The Labute approximate surface area is 119 Å². The lowest BCUT2D eigenvalue weighted by atomic mass is 10.3. The van der Waals surface area contributed by atoms with E-state index in [-0.39, 0.29) is 0 Å². The van der Waals surface area contributed by atoms with Gasteiger partial charge in [0.05, 0.1) is 15.8 Å². The van der Waals surface area contributed by atoms with Gasteiger partial charge in [0.15, 0.2) is 5.58 Å². The van der Waals surface area contributed by atoms with Gasteiger partial charge in [-0.25, -0.2) is 9.97 Å². The van der Waals surface area contributed by atoms with Gasteiger partial charge in [-0.05, 0) is 24.3 Å². The van der Waals surface area contributed by atoms with Crippen LogP contribution in [0.5, 0.6) is 0 Å². The summed E-state index contributed by atoms with van der Waals surface area (Å²) in [5.41, 5.74) is 7.89. The number of anilines is 1. The second-order valence-corrected chi connectivity index (χ2v) is 5.37. The second-order valence-electron chi connectivity index (χ2n) is 3.94. The van der Waals surface area contributed by atoms with Crippen LogP contribution in [0.4, 0.5) is 5.69 Å². The number of oxazole rings is 1. The second kappa shape index (κ2) is 5.11. The van der Waals surface area contributed by atoms with E-state index in [4.69, 9.17) is 21.8 Å². The predicted octanol–water partition coefficient (Wildman–Crippen LogP) is 3.75. The van der Waals surface area contributed by atoms with Crippen LogP contribution < -0.4 is 5.73 Å². The largest absolute Gasteiger partial charge is 0.440 e. The molecule has 0 aliphatic rings. The highest BCUT2D eigenvalue weighted by Gasteiger charge is 2.07. The first-order chi connectivity index (χ1) is 9.20. The summed E-state index contributed by atoms with van der Waals surface area (Å²) in [6.07, 6.45) is 1.62. The van der Waals surface area contributed by atoms with Gasteiger partial charge >= 0.3 is 0 Å². The van der Waals surface area contributed by atoms with Crippen LogP contribution in [-0.4, -0.2) is 9.97 Å². The molecule has 0 aliphatic carbocycles. The van der Waals surface area contributed by atoms with Gasteiger partial charge in [0.2, 0.25) is 5.89 Å². The SMILES string of the molecule is Nc1ccc2nc(CSc3ccc(Cl)cn3)oc2c1. The number of nitrogens with zero attached hydrogens (tertiary/aromatic N) is 2. The number of aromatic nitrogens is 2. The molecule has 4 nitrogen and oxygen atoms in total. The van der Waals surface area contributed by atoms with Gasteiger partial charge in [0.25, 0.3) is 0 Å². The summed E-state index contributed by atoms with van der Waals surface area (Å²) in [6, 6.07) is 9.11. The van der Waals surface area contributed by atoms with E-state index in [1.807, 2.05) is 24.3 Å². The lowest BCUT2D eigenvalue weighted by molar-refractivity contribution is 0.556. The number of rotatable bonds is 3. The van der Waals surface area contributed by atoms with Gasteiger partial charge in [-0.1, -0.05) is 23.4 Å². The molecule has 0 bridgehead atoms. The third-order valence-corrected chi connectivity index (χ3v) is 3.65. The Morgan fingerprint density at radius 3 is 2.95 bits per heavy atom. The smallest absolute Gasteiger partial charge is 0.205 e. The molecule has 2 N–H and O–H groups in total. The lowest BCUT2D eigenvalue weighted by Crippen LogP contribution is -1.82.